The van der Waals surface area contributed by atoms with Crippen molar-refractivity contribution < 1.29 is 23.8 Å². The molecule has 21 heavy (non-hydrogen) atoms. The Morgan fingerprint density at radius 2 is 1.76 bits per heavy atom. The topological polar surface area (TPSA) is 63.6 Å². The minimum atomic E-state index is -1.23. The zero-order valence-corrected chi connectivity index (χ0v) is 11.6. The van der Waals surface area contributed by atoms with Gasteiger partial charge in [0.15, 0.2) is 0 Å². The van der Waals surface area contributed by atoms with Crippen molar-refractivity contribution in [3.05, 3.63) is 58.4 Å². The molecule has 6 heteroatoms. The van der Waals surface area contributed by atoms with E-state index >= 15 is 0 Å². The van der Waals surface area contributed by atoms with Crippen molar-refractivity contribution in [1.29, 1.82) is 0 Å². The van der Waals surface area contributed by atoms with Gasteiger partial charge >= 0.3 is 11.9 Å². The molecule has 0 unspecified atom stereocenters. The summed E-state index contributed by atoms with van der Waals surface area (Å²) in [5, 5.41) is 9.06. The van der Waals surface area contributed by atoms with E-state index in [1.54, 1.807) is 0 Å². The van der Waals surface area contributed by atoms with Crippen molar-refractivity contribution in [2.24, 2.45) is 0 Å². The summed E-state index contributed by atoms with van der Waals surface area (Å²) >= 11 is 6.02. The molecule has 1 N–H and O–H groups in total. The highest BCUT2D eigenvalue weighted by Crippen LogP contribution is 2.31. The second kappa shape index (κ2) is 5.93. The smallest absolute Gasteiger partial charge is 0.337 e. The maximum atomic E-state index is 14.1. The fraction of sp³-hybridized carbons (Fsp3) is 0.0667. The maximum Gasteiger partial charge on any atom is 0.337 e. The molecule has 0 spiro atoms. The van der Waals surface area contributed by atoms with Crippen LogP contribution in [-0.2, 0) is 4.74 Å². The first-order valence-electron chi connectivity index (χ1n) is 5.85. The molecule has 0 atom stereocenters. The lowest BCUT2D eigenvalue weighted by Gasteiger charge is -2.09. The fourth-order valence-electron chi connectivity index (χ4n) is 1.84. The Bertz CT molecular complexity index is 728. The molecule has 0 saturated heterocycles. The standard InChI is InChI=1S/C15H10ClFO4/c1-21-15(20)9-3-5-12(16)11(6-9)10-4-2-8(14(18)19)7-13(10)17/h2-7H,1H3,(H,18,19). The fourth-order valence-corrected chi connectivity index (χ4v) is 2.06. The van der Waals surface area contributed by atoms with Crippen molar-refractivity contribution >= 4 is 23.5 Å². The number of benzene rings is 2. The summed E-state index contributed by atoms with van der Waals surface area (Å²) in [6.45, 7) is 0. The van der Waals surface area contributed by atoms with Crippen LogP contribution in [0.3, 0.4) is 0 Å². The monoisotopic (exact) mass is 308 g/mol. The van der Waals surface area contributed by atoms with Gasteiger partial charge in [-0.05, 0) is 30.3 Å². The molecule has 2 aromatic carbocycles. The minimum absolute atomic E-state index is 0.107. The molecule has 0 saturated carbocycles. The Hall–Kier alpha value is -2.40. The van der Waals surface area contributed by atoms with E-state index in [1.807, 2.05) is 0 Å². The van der Waals surface area contributed by atoms with Gasteiger partial charge in [-0.2, -0.15) is 0 Å². The normalized spacial score (nSPS) is 10.2. The summed E-state index contributed by atoms with van der Waals surface area (Å²) in [7, 11) is 1.23. The molecule has 2 aromatic rings. The summed E-state index contributed by atoms with van der Waals surface area (Å²) in [5.74, 6) is -2.54. The maximum absolute atomic E-state index is 14.1. The first-order valence-corrected chi connectivity index (χ1v) is 6.23. The third-order valence-electron chi connectivity index (χ3n) is 2.89. The molecule has 4 nitrogen and oxygen atoms in total. The van der Waals surface area contributed by atoms with E-state index in [2.05, 4.69) is 4.74 Å². The van der Waals surface area contributed by atoms with Gasteiger partial charge in [0.1, 0.15) is 5.82 Å². The second-order valence-corrected chi connectivity index (χ2v) is 4.59. The summed E-state index contributed by atoms with van der Waals surface area (Å²) < 4.78 is 18.6. The Labute approximate surface area is 124 Å². The third-order valence-corrected chi connectivity index (χ3v) is 3.22. The van der Waals surface area contributed by atoms with Crippen molar-refractivity contribution in [2.75, 3.05) is 7.11 Å². The van der Waals surface area contributed by atoms with Crippen LogP contribution in [0.2, 0.25) is 5.02 Å². The molecular weight excluding hydrogens is 299 g/mol. The number of halogens is 2. The number of carbonyl (C=O) groups excluding carboxylic acids is 1. The van der Waals surface area contributed by atoms with E-state index < -0.39 is 17.8 Å². The summed E-state index contributed by atoms with van der Waals surface area (Å²) in [5.41, 5.74) is 0.444. The van der Waals surface area contributed by atoms with Crippen LogP contribution >= 0.6 is 11.6 Å². The first kappa shape index (κ1) is 15.0. The van der Waals surface area contributed by atoms with Crippen LogP contribution in [-0.4, -0.2) is 24.2 Å². The first-order chi connectivity index (χ1) is 9.93. The molecule has 0 bridgehead atoms. The van der Waals surface area contributed by atoms with E-state index in [9.17, 15) is 14.0 Å². The minimum Gasteiger partial charge on any atom is -0.478 e. The van der Waals surface area contributed by atoms with Crippen molar-refractivity contribution in [1.82, 2.24) is 0 Å². The number of rotatable bonds is 3. The number of hydrogen-bond donors (Lipinski definition) is 1. The van der Waals surface area contributed by atoms with Gasteiger partial charge in [-0.15, -0.1) is 0 Å². The molecule has 0 aliphatic rings. The van der Waals surface area contributed by atoms with Crippen LogP contribution < -0.4 is 0 Å². The molecule has 0 fully saturated rings. The van der Waals surface area contributed by atoms with Gasteiger partial charge in [0.2, 0.25) is 0 Å². The van der Waals surface area contributed by atoms with Crippen LogP contribution in [0, 0.1) is 5.82 Å². The molecule has 0 aliphatic carbocycles. The highest BCUT2D eigenvalue weighted by atomic mass is 35.5. The summed E-state index contributed by atoms with van der Waals surface area (Å²) in [4.78, 5) is 22.3. The predicted molar refractivity (Wildman–Crippen MR) is 75.1 cm³/mol. The summed E-state index contributed by atoms with van der Waals surface area (Å²) in [6.07, 6.45) is 0. The Kier molecular flexibility index (Phi) is 4.23. The lowest BCUT2D eigenvalue weighted by atomic mass is 10.0. The number of carboxylic acids is 1. The lowest BCUT2D eigenvalue weighted by molar-refractivity contribution is 0.0600. The van der Waals surface area contributed by atoms with Gasteiger partial charge in [-0.3, -0.25) is 0 Å². The molecule has 108 valence electrons. The zero-order valence-electron chi connectivity index (χ0n) is 10.9. The van der Waals surface area contributed by atoms with E-state index in [4.69, 9.17) is 16.7 Å². The summed E-state index contributed by atoms with van der Waals surface area (Å²) in [6, 6.07) is 7.78. The van der Waals surface area contributed by atoms with Crippen LogP contribution in [0.1, 0.15) is 20.7 Å². The second-order valence-electron chi connectivity index (χ2n) is 4.19. The van der Waals surface area contributed by atoms with Crippen LogP contribution in [0.15, 0.2) is 36.4 Å². The van der Waals surface area contributed by atoms with E-state index in [0.29, 0.717) is 0 Å². The molecule has 0 aliphatic heterocycles. The van der Waals surface area contributed by atoms with Gasteiger partial charge in [0.05, 0.1) is 18.2 Å². The van der Waals surface area contributed by atoms with Crippen LogP contribution in [0.5, 0.6) is 0 Å². The van der Waals surface area contributed by atoms with Crippen molar-refractivity contribution in [2.45, 2.75) is 0 Å². The van der Waals surface area contributed by atoms with Crippen molar-refractivity contribution in [3.63, 3.8) is 0 Å². The van der Waals surface area contributed by atoms with E-state index in [-0.39, 0.29) is 27.3 Å². The van der Waals surface area contributed by atoms with Gasteiger partial charge in [0.25, 0.3) is 0 Å². The molecule has 0 aromatic heterocycles. The van der Waals surface area contributed by atoms with Crippen molar-refractivity contribution in [3.8, 4) is 11.1 Å². The number of ether oxygens (including phenoxy) is 1. The number of hydrogen-bond acceptors (Lipinski definition) is 3. The Balaban J connectivity index is 2.56. The molecule has 0 radical (unpaired) electrons. The molecule has 0 heterocycles. The van der Waals surface area contributed by atoms with Crippen LogP contribution in [0.25, 0.3) is 11.1 Å². The molecule has 0 amide bonds. The number of aromatic carboxylic acids is 1. The highest BCUT2D eigenvalue weighted by Gasteiger charge is 2.15. The van der Waals surface area contributed by atoms with Gasteiger partial charge < -0.3 is 9.84 Å². The lowest BCUT2D eigenvalue weighted by Crippen LogP contribution is -2.02. The number of carboxylic acid groups (broad SMARTS) is 1. The van der Waals surface area contributed by atoms with Gasteiger partial charge in [0, 0.05) is 16.1 Å². The predicted octanol–water partition coefficient (Wildman–Crippen LogP) is 3.63. The van der Waals surface area contributed by atoms with E-state index in [0.717, 1.165) is 6.07 Å². The molecular formula is C15H10ClFO4. The zero-order chi connectivity index (χ0) is 15.6. The Morgan fingerprint density at radius 1 is 1.10 bits per heavy atom. The SMILES string of the molecule is COC(=O)c1ccc(Cl)c(-c2ccc(C(=O)O)cc2F)c1. The Morgan fingerprint density at radius 3 is 2.33 bits per heavy atom. The highest BCUT2D eigenvalue weighted by molar-refractivity contribution is 6.33. The number of esters is 1. The van der Waals surface area contributed by atoms with Crippen LogP contribution in [0.4, 0.5) is 4.39 Å². The largest absolute Gasteiger partial charge is 0.478 e. The quantitative estimate of drug-likeness (QED) is 0.879. The average molecular weight is 309 g/mol. The average Bonchev–Trinajstić information content (AvgIpc) is 2.47. The van der Waals surface area contributed by atoms with Gasteiger partial charge in [-0.25, -0.2) is 14.0 Å². The number of methoxy groups -OCH3 is 1. The molecule has 2 rings (SSSR count). The van der Waals surface area contributed by atoms with E-state index in [1.165, 1.54) is 37.4 Å². The van der Waals surface area contributed by atoms with Gasteiger partial charge in [-0.1, -0.05) is 17.7 Å². The third kappa shape index (κ3) is 3.03. The number of carbonyl (C=O) groups is 2.